The summed E-state index contributed by atoms with van der Waals surface area (Å²) in [4.78, 5) is 25.6. The Hall–Kier alpha value is -1.96. The number of para-hydroxylation sites is 1. The van der Waals surface area contributed by atoms with Crippen LogP contribution in [-0.2, 0) is 4.79 Å². The minimum Gasteiger partial charge on any atom is -0.496 e. The van der Waals surface area contributed by atoms with Crippen LogP contribution >= 0.6 is 35.0 Å². The van der Waals surface area contributed by atoms with E-state index in [0.717, 1.165) is 0 Å². The van der Waals surface area contributed by atoms with Crippen LogP contribution in [0.3, 0.4) is 0 Å². The maximum absolute atomic E-state index is 13.8. The van der Waals surface area contributed by atoms with Crippen molar-refractivity contribution in [2.45, 2.75) is 25.4 Å². The second-order valence-corrected chi connectivity index (χ2v) is 8.33. The molecular weight excluding hydrogens is 450 g/mol. The highest BCUT2D eigenvalue weighted by Crippen LogP contribution is 2.28. The van der Waals surface area contributed by atoms with Crippen molar-refractivity contribution in [1.82, 2.24) is 10.6 Å². The van der Waals surface area contributed by atoms with E-state index in [0.29, 0.717) is 29.1 Å². The summed E-state index contributed by atoms with van der Waals surface area (Å²) in [5.74, 6) is -0.366. The summed E-state index contributed by atoms with van der Waals surface area (Å²) in [6, 6.07) is 7.88. The van der Waals surface area contributed by atoms with Crippen molar-refractivity contribution in [1.29, 1.82) is 0 Å². The topological polar surface area (TPSA) is 67.4 Å². The van der Waals surface area contributed by atoms with Crippen LogP contribution < -0.4 is 15.4 Å². The van der Waals surface area contributed by atoms with Crippen LogP contribution in [0.25, 0.3) is 0 Å². The predicted molar refractivity (Wildman–Crippen MR) is 120 cm³/mol. The van der Waals surface area contributed by atoms with Crippen LogP contribution in [0.15, 0.2) is 36.4 Å². The van der Waals surface area contributed by atoms with Crippen molar-refractivity contribution < 1.29 is 18.7 Å². The molecule has 5 nitrogen and oxygen atoms in total. The van der Waals surface area contributed by atoms with E-state index in [9.17, 15) is 14.0 Å². The number of hydrogen-bond donors (Lipinski definition) is 2. The van der Waals surface area contributed by atoms with E-state index in [1.807, 2.05) is 6.26 Å². The van der Waals surface area contributed by atoms with Gasteiger partial charge in [0.05, 0.1) is 23.7 Å². The number of ether oxygens (including phenoxy) is 1. The van der Waals surface area contributed by atoms with Gasteiger partial charge in [0, 0.05) is 5.02 Å². The molecule has 2 atom stereocenters. The maximum Gasteiger partial charge on any atom is 0.255 e. The van der Waals surface area contributed by atoms with E-state index in [-0.39, 0.29) is 10.0 Å². The van der Waals surface area contributed by atoms with Gasteiger partial charge in [-0.3, -0.25) is 9.59 Å². The Bertz CT molecular complexity index is 914. The average Bonchev–Trinajstić information content (AvgIpc) is 2.73. The number of rotatable bonds is 9. The van der Waals surface area contributed by atoms with Crippen molar-refractivity contribution in [2.75, 3.05) is 19.1 Å². The molecule has 9 heteroatoms. The minimum atomic E-state index is -0.784. The second kappa shape index (κ2) is 11.4. The van der Waals surface area contributed by atoms with Crippen LogP contribution in [0.4, 0.5) is 4.39 Å². The summed E-state index contributed by atoms with van der Waals surface area (Å²) < 4.78 is 19.1. The molecule has 0 aromatic heterocycles. The molecule has 0 bridgehead atoms. The van der Waals surface area contributed by atoms with Gasteiger partial charge in [0.1, 0.15) is 17.6 Å². The first kappa shape index (κ1) is 24.3. The third kappa shape index (κ3) is 6.27. The average molecular weight is 473 g/mol. The molecule has 2 amide bonds. The molecule has 2 aromatic rings. The molecule has 0 aliphatic rings. The summed E-state index contributed by atoms with van der Waals surface area (Å²) in [5, 5.41) is 5.70. The molecule has 2 rings (SSSR count). The Morgan fingerprint density at radius 1 is 1.17 bits per heavy atom. The van der Waals surface area contributed by atoms with E-state index in [1.165, 1.54) is 19.2 Å². The Labute approximate surface area is 189 Å². The second-order valence-electron chi connectivity index (χ2n) is 6.53. The number of methoxy groups -OCH3 is 1. The van der Waals surface area contributed by atoms with Crippen LogP contribution in [0.5, 0.6) is 5.75 Å². The molecule has 0 saturated heterocycles. The summed E-state index contributed by atoms with van der Waals surface area (Å²) in [5.41, 5.74) is 0.726. The minimum absolute atomic E-state index is 0.0933. The van der Waals surface area contributed by atoms with Crippen LogP contribution in [0.1, 0.15) is 35.3 Å². The number of amides is 2. The van der Waals surface area contributed by atoms with Gasteiger partial charge in [-0.1, -0.05) is 35.3 Å². The SMILES string of the molecule is COc1ccccc1C(=O)NC(CCSC)C(=O)NC(C)c1cc(F)c(Cl)cc1Cl. The Morgan fingerprint density at radius 2 is 1.87 bits per heavy atom. The smallest absolute Gasteiger partial charge is 0.255 e. The van der Waals surface area contributed by atoms with Gasteiger partial charge in [-0.2, -0.15) is 11.8 Å². The quantitative estimate of drug-likeness (QED) is 0.510. The van der Waals surface area contributed by atoms with Gasteiger partial charge >= 0.3 is 0 Å². The first-order valence-corrected chi connectivity index (χ1v) is 11.3. The Balaban J connectivity index is 2.17. The lowest BCUT2D eigenvalue weighted by Gasteiger charge is -2.22. The van der Waals surface area contributed by atoms with E-state index in [4.69, 9.17) is 27.9 Å². The molecule has 0 radical (unpaired) electrons. The molecule has 0 spiro atoms. The lowest BCUT2D eigenvalue weighted by Crippen LogP contribution is -2.47. The molecule has 0 fully saturated rings. The highest BCUT2D eigenvalue weighted by molar-refractivity contribution is 7.98. The molecule has 0 heterocycles. The fourth-order valence-corrected chi connectivity index (χ4v) is 3.85. The van der Waals surface area contributed by atoms with Crippen LogP contribution in [0, 0.1) is 5.82 Å². The number of carbonyl (C=O) groups is 2. The van der Waals surface area contributed by atoms with Gasteiger partial charge < -0.3 is 15.4 Å². The molecular formula is C21H23Cl2FN2O3S. The van der Waals surface area contributed by atoms with Crippen molar-refractivity contribution >= 4 is 46.8 Å². The van der Waals surface area contributed by atoms with E-state index < -0.39 is 29.7 Å². The Morgan fingerprint density at radius 3 is 2.53 bits per heavy atom. The molecule has 162 valence electrons. The normalized spacial score (nSPS) is 12.7. The largest absolute Gasteiger partial charge is 0.496 e. The molecule has 0 saturated carbocycles. The Kier molecular flexibility index (Phi) is 9.27. The number of hydrogen-bond acceptors (Lipinski definition) is 4. The summed E-state index contributed by atoms with van der Waals surface area (Å²) in [6.07, 6.45) is 2.33. The van der Waals surface area contributed by atoms with E-state index in [1.54, 1.807) is 43.0 Å². The molecule has 0 aliphatic carbocycles. The van der Waals surface area contributed by atoms with Crippen LogP contribution in [0.2, 0.25) is 10.0 Å². The number of benzene rings is 2. The van der Waals surface area contributed by atoms with Gasteiger partial charge in [-0.05, 0) is 55.2 Å². The summed E-state index contributed by atoms with van der Waals surface area (Å²) in [6.45, 7) is 1.68. The number of carbonyl (C=O) groups excluding carboxylic acids is 2. The summed E-state index contributed by atoms with van der Waals surface area (Å²) in [7, 11) is 1.47. The van der Waals surface area contributed by atoms with E-state index in [2.05, 4.69) is 10.6 Å². The van der Waals surface area contributed by atoms with Crippen LogP contribution in [-0.4, -0.2) is 37.0 Å². The monoisotopic (exact) mass is 472 g/mol. The molecule has 2 N–H and O–H groups in total. The maximum atomic E-state index is 13.8. The van der Waals surface area contributed by atoms with Crippen molar-refractivity contribution in [3.63, 3.8) is 0 Å². The number of thioether (sulfide) groups is 1. The van der Waals surface area contributed by atoms with Gasteiger partial charge in [0.15, 0.2) is 0 Å². The zero-order chi connectivity index (χ0) is 22.3. The van der Waals surface area contributed by atoms with Gasteiger partial charge in [0.2, 0.25) is 5.91 Å². The number of nitrogens with one attached hydrogen (secondary N) is 2. The third-order valence-electron chi connectivity index (χ3n) is 4.45. The summed E-state index contributed by atoms with van der Waals surface area (Å²) >= 11 is 13.4. The zero-order valence-corrected chi connectivity index (χ0v) is 19.1. The first-order valence-electron chi connectivity index (χ1n) is 9.16. The van der Waals surface area contributed by atoms with Crippen molar-refractivity contribution in [2.24, 2.45) is 0 Å². The van der Waals surface area contributed by atoms with E-state index >= 15 is 0 Å². The van der Waals surface area contributed by atoms with Crippen molar-refractivity contribution in [3.8, 4) is 5.75 Å². The highest BCUT2D eigenvalue weighted by Gasteiger charge is 2.25. The van der Waals surface area contributed by atoms with Gasteiger partial charge in [-0.25, -0.2) is 4.39 Å². The lowest BCUT2D eigenvalue weighted by atomic mass is 10.1. The molecule has 30 heavy (non-hydrogen) atoms. The molecule has 2 aromatic carbocycles. The zero-order valence-electron chi connectivity index (χ0n) is 16.8. The molecule has 2 unspecified atom stereocenters. The predicted octanol–water partition coefficient (Wildman–Crippen LogP) is 4.87. The highest BCUT2D eigenvalue weighted by atomic mass is 35.5. The fourth-order valence-electron chi connectivity index (χ4n) is 2.83. The third-order valence-corrected chi connectivity index (χ3v) is 5.71. The number of halogens is 3. The van der Waals surface area contributed by atoms with Gasteiger partial charge in [-0.15, -0.1) is 0 Å². The lowest BCUT2D eigenvalue weighted by molar-refractivity contribution is -0.123. The van der Waals surface area contributed by atoms with Crippen molar-refractivity contribution in [3.05, 3.63) is 63.4 Å². The molecule has 0 aliphatic heterocycles. The fraction of sp³-hybridized carbons (Fsp3) is 0.333. The van der Waals surface area contributed by atoms with Gasteiger partial charge in [0.25, 0.3) is 5.91 Å². The standard InChI is InChI=1S/C21H23Cl2FN2O3S/c1-12(14-10-17(24)16(23)11-15(14)22)25-21(28)18(8-9-30-3)26-20(27)13-6-4-5-7-19(13)29-2/h4-7,10-12,18H,8-9H2,1-3H3,(H,25,28)(H,26,27). The first-order chi connectivity index (χ1) is 14.3.